The summed E-state index contributed by atoms with van der Waals surface area (Å²) in [6.45, 7) is 5.00. The van der Waals surface area contributed by atoms with E-state index in [1.54, 1.807) is 18.3 Å². The molecule has 1 aliphatic rings. The lowest BCUT2D eigenvalue weighted by molar-refractivity contribution is 0.301. The van der Waals surface area contributed by atoms with Gasteiger partial charge in [0.25, 0.3) is 0 Å². The Labute approximate surface area is 239 Å². The molecule has 0 amide bonds. The van der Waals surface area contributed by atoms with Crippen molar-refractivity contribution >= 4 is 51.2 Å². The van der Waals surface area contributed by atoms with Gasteiger partial charge in [0.15, 0.2) is 0 Å². The Kier molecular flexibility index (Phi) is 6.98. The molecule has 11 heteroatoms. The number of nitrogens with one attached hydrogen (secondary N) is 3. The average Bonchev–Trinajstić information content (AvgIpc) is 3.64. The fourth-order valence-electron chi connectivity index (χ4n) is 5.01. The van der Waals surface area contributed by atoms with Gasteiger partial charge in [-0.15, -0.1) is 0 Å². The standard InChI is InChI=1S/C29H23Cl2FN8/c1-2-40-14-17-4-3-16(7-18(17)15-40)28(26-13-35-39-38-26)37-21-8-22-27(36-20-5-6-25(32)23(30)9-20)19(11-33)12-34-29(22)24(31)10-21/h3-10,12-13,28,37H,2,14-15H2,1H3,(H,34,36)(H,35,38,39)/t28-/m0/s1. The molecule has 1 aliphatic heterocycles. The van der Waals surface area contributed by atoms with Crippen LogP contribution >= 0.6 is 23.2 Å². The molecule has 5 aromatic rings. The molecule has 0 spiro atoms. The van der Waals surface area contributed by atoms with Crippen molar-refractivity contribution in [1.82, 2.24) is 25.3 Å². The number of anilines is 3. The molecule has 0 bridgehead atoms. The van der Waals surface area contributed by atoms with E-state index in [1.807, 2.05) is 6.07 Å². The summed E-state index contributed by atoms with van der Waals surface area (Å²) in [5, 5.41) is 28.7. The molecule has 2 aromatic heterocycles. The summed E-state index contributed by atoms with van der Waals surface area (Å²) < 4.78 is 13.8. The monoisotopic (exact) mass is 572 g/mol. The maximum atomic E-state index is 13.8. The van der Waals surface area contributed by atoms with Crippen molar-refractivity contribution in [1.29, 1.82) is 5.26 Å². The third kappa shape index (κ3) is 4.93. The number of fused-ring (bicyclic) bond motifs is 2. The van der Waals surface area contributed by atoms with Gasteiger partial charge in [0.2, 0.25) is 0 Å². The number of rotatable bonds is 7. The largest absolute Gasteiger partial charge is 0.373 e. The highest BCUT2D eigenvalue weighted by Crippen LogP contribution is 2.37. The van der Waals surface area contributed by atoms with Gasteiger partial charge in [0.05, 0.1) is 39.1 Å². The zero-order valence-corrected chi connectivity index (χ0v) is 22.9. The van der Waals surface area contributed by atoms with Gasteiger partial charge in [-0.3, -0.25) is 9.88 Å². The van der Waals surface area contributed by atoms with E-state index >= 15 is 0 Å². The summed E-state index contributed by atoms with van der Waals surface area (Å²) in [7, 11) is 0. The van der Waals surface area contributed by atoms with E-state index in [0.717, 1.165) is 25.2 Å². The molecule has 6 rings (SSSR count). The quantitative estimate of drug-likeness (QED) is 0.194. The molecule has 0 saturated heterocycles. The van der Waals surface area contributed by atoms with Crippen LogP contribution in [0.3, 0.4) is 0 Å². The summed E-state index contributed by atoms with van der Waals surface area (Å²) in [5.41, 5.74) is 6.86. The van der Waals surface area contributed by atoms with Gasteiger partial charge in [-0.2, -0.15) is 20.7 Å². The first-order chi connectivity index (χ1) is 19.4. The Morgan fingerprint density at radius 3 is 2.62 bits per heavy atom. The van der Waals surface area contributed by atoms with Crippen LogP contribution in [0.2, 0.25) is 10.0 Å². The van der Waals surface area contributed by atoms with E-state index in [4.69, 9.17) is 23.2 Å². The number of aromatic amines is 1. The van der Waals surface area contributed by atoms with Gasteiger partial charge in [0, 0.05) is 36.0 Å². The minimum Gasteiger partial charge on any atom is -0.373 e. The van der Waals surface area contributed by atoms with Gasteiger partial charge >= 0.3 is 0 Å². The SMILES string of the molecule is CCN1Cc2ccc([C@H](Nc3cc(Cl)c4ncc(C#N)c(Nc5ccc(F)c(Cl)c5)c4c3)c3cn[nH]n3)cc2C1. The molecule has 0 radical (unpaired) electrons. The molecule has 0 unspecified atom stereocenters. The number of halogens is 3. The Hall–Kier alpha value is -4.23. The molecule has 1 atom stereocenters. The molecule has 0 fully saturated rings. The fourth-order valence-corrected chi connectivity index (χ4v) is 5.46. The molecular formula is C29H23Cl2FN8. The average molecular weight is 573 g/mol. The third-order valence-corrected chi connectivity index (χ3v) is 7.65. The molecule has 0 saturated carbocycles. The van der Waals surface area contributed by atoms with Crippen LogP contribution < -0.4 is 10.6 Å². The summed E-state index contributed by atoms with van der Waals surface area (Å²) in [5.74, 6) is -0.533. The Bertz CT molecular complexity index is 1770. The van der Waals surface area contributed by atoms with E-state index in [2.05, 4.69) is 67.1 Å². The van der Waals surface area contributed by atoms with Crippen molar-refractivity contribution < 1.29 is 4.39 Å². The van der Waals surface area contributed by atoms with Gasteiger partial charge in [-0.05, 0) is 53.6 Å². The topological polar surface area (TPSA) is 106 Å². The van der Waals surface area contributed by atoms with E-state index < -0.39 is 5.82 Å². The van der Waals surface area contributed by atoms with E-state index in [0.29, 0.717) is 44.2 Å². The maximum absolute atomic E-state index is 13.8. The van der Waals surface area contributed by atoms with Crippen molar-refractivity contribution in [2.24, 2.45) is 0 Å². The third-order valence-electron chi connectivity index (χ3n) is 7.07. The molecule has 3 heterocycles. The van der Waals surface area contributed by atoms with Crippen molar-refractivity contribution in [3.05, 3.63) is 105 Å². The predicted octanol–water partition coefficient (Wildman–Crippen LogP) is 6.95. The van der Waals surface area contributed by atoms with Crippen LogP contribution in [-0.2, 0) is 13.1 Å². The van der Waals surface area contributed by atoms with Gasteiger partial charge in [-0.25, -0.2) is 4.39 Å². The molecule has 3 N–H and O–H groups in total. The summed E-state index contributed by atoms with van der Waals surface area (Å²) in [6.07, 6.45) is 3.14. The second kappa shape index (κ2) is 10.7. The predicted molar refractivity (Wildman–Crippen MR) is 154 cm³/mol. The lowest BCUT2D eigenvalue weighted by Gasteiger charge is -2.20. The Balaban J connectivity index is 1.42. The molecule has 3 aromatic carbocycles. The van der Waals surface area contributed by atoms with Gasteiger partial charge in [-0.1, -0.05) is 48.3 Å². The van der Waals surface area contributed by atoms with Crippen LogP contribution in [0.1, 0.15) is 40.9 Å². The molecule has 200 valence electrons. The highest BCUT2D eigenvalue weighted by Gasteiger charge is 2.23. The highest BCUT2D eigenvalue weighted by atomic mass is 35.5. The molecule has 0 aliphatic carbocycles. The normalized spacial score (nSPS) is 13.7. The summed E-state index contributed by atoms with van der Waals surface area (Å²) in [6, 6.07) is 16.3. The first kappa shape index (κ1) is 26.0. The number of aromatic nitrogens is 4. The van der Waals surface area contributed by atoms with Crippen LogP contribution in [0.15, 0.2) is 60.9 Å². The van der Waals surface area contributed by atoms with Crippen LogP contribution in [0.25, 0.3) is 10.9 Å². The summed E-state index contributed by atoms with van der Waals surface area (Å²) >= 11 is 12.7. The number of hydrogen-bond donors (Lipinski definition) is 3. The number of nitrogens with zero attached hydrogens (tertiary/aromatic N) is 5. The minimum absolute atomic E-state index is 0.0332. The van der Waals surface area contributed by atoms with Crippen molar-refractivity contribution in [3.8, 4) is 6.07 Å². The van der Waals surface area contributed by atoms with E-state index in [-0.39, 0.29) is 11.1 Å². The van der Waals surface area contributed by atoms with Crippen molar-refractivity contribution in [2.45, 2.75) is 26.1 Å². The van der Waals surface area contributed by atoms with Crippen molar-refractivity contribution in [2.75, 3.05) is 17.2 Å². The molecular weight excluding hydrogens is 550 g/mol. The highest BCUT2D eigenvalue weighted by molar-refractivity contribution is 6.36. The second-order valence-corrected chi connectivity index (χ2v) is 10.4. The number of pyridine rings is 1. The van der Waals surface area contributed by atoms with E-state index in [9.17, 15) is 9.65 Å². The van der Waals surface area contributed by atoms with Crippen LogP contribution in [0, 0.1) is 17.1 Å². The van der Waals surface area contributed by atoms with Crippen molar-refractivity contribution in [3.63, 3.8) is 0 Å². The summed E-state index contributed by atoms with van der Waals surface area (Å²) in [4.78, 5) is 6.82. The first-order valence-corrected chi connectivity index (χ1v) is 13.4. The lowest BCUT2D eigenvalue weighted by atomic mass is 9.98. The van der Waals surface area contributed by atoms with Crippen LogP contribution in [-0.4, -0.2) is 31.8 Å². The Morgan fingerprint density at radius 1 is 1.05 bits per heavy atom. The minimum atomic E-state index is -0.533. The molecule has 40 heavy (non-hydrogen) atoms. The first-order valence-electron chi connectivity index (χ1n) is 12.6. The van der Waals surface area contributed by atoms with E-state index in [1.165, 1.54) is 29.5 Å². The smallest absolute Gasteiger partial charge is 0.141 e. The maximum Gasteiger partial charge on any atom is 0.141 e. The Morgan fingerprint density at radius 2 is 1.88 bits per heavy atom. The zero-order chi connectivity index (χ0) is 27.8. The number of benzene rings is 3. The fraction of sp³-hybridized carbons (Fsp3) is 0.172. The van der Waals surface area contributed by atoms with Gasteiger partial charge < -0.3 is 10.6 Å². The van der Waals surface area contributed by atoms with Crippen LogP contribution in [0.4, 0.5) is 21.5 Å². The number of nitriles is 1. The van der Waals surface area contributed by atoms with Crippen LogP contribution in [0.5, 0.6) is 0 Å². The van der Waals surface area contributed by atoms with Gasteiger partial charge in [0.1, 0.15) is 17.6 Å². The molecule has 8 nitrogen and oxygen atoms in total. The second-order valence-electron chi connectivity index (χ2n) is 9.57. The number of H-pyrrole nitrogens is 1. The zero-order valence-electron chi connectivity index (χ0n) is 21.3. The lowest BCUT2D eigenvalue weighted by Crippen LogP contribution is -2.15. The number of hydrogen-bond acceptors (Lipinski definition) is 7.